The summed E-state index contributed by atoms with van der Waals surface area (Å²) in [6.07, 6.45) is 8.46. The molecular formula is C12H24N2O. The Balaban J connectivity index is 1.99. The molecule has 0 saturated heterocycles. The van der Waals surface area contributed by atoms with Crippen LogP contribution in [0.3, 0.4) is 0 Å². The summed E-state index contributed by atoms with van der Waals surface area (Å²) >= 11 is 0. The molecule has 3 nitrogen and oxygen atoms in total. The van der Waals surface area contributed by atoms with Crippen molar-refractivity contribution in [2.45, 2.75) is 25.3 Å². The number of rotatable bonds is 7. The van der Waals surface area contributed by atoms with Crippen molar-refractivity contribution in [2.75, 3.05) is 40.4 Å². The molecule has 0 amide bonds. The molecule has 1 rings (SSSR count). The Morgan fingerprint density at radius 3 is 3.00 bits per heavy atom. The summed E-state index contributed by atoms with van der Waals surface area (Å²) in [5.74, 6) is 0. The molecular weight excluding hydrogens is 188 g/mol. The molecule has 0 saturated carbocycles. The molecule has 1 aliphatic carbocycles. The van der Waals surface area contributed by atoms with Gasteiger partial charge in [-0.2, -0.15) is 0 Å². The van der Waals surface area contributed by atoms with Gasteiger partial charge in [0, 0.05) is 32.8 Å². The largest absolute Gasteiger partial charge is 0.383 e. The van der Waals surface area contributed by atoms with E-state index in [1.54, 1.807) is 7.11 Å². The number of allylic oxidation sites excluding steroid dienone is 1. The van der Waals surface area contributed by atoms with Gasteiger partial charge in [-0.25, -0.2) is 0 Å². The standard InChI is InChI=1S/C12H24N2O/c1-14(10-11-15-2)9-8-13-12-6-4-3-5-7-12/h4,6,12-13H,3,5,7-11H2,1-2H3. The van der Waals surface area contributed by atoms with E-state index in [4.69, 9.17) is 4.74 Å². The van der Waals surface area contributed by atoms with E-state index in [-0.39, 0.29) is 0 Å². The molecule has 0 fully saturated rings. The third-order valence-corrected chi connectivity index (χ3v) is 2.83. The van der Waals surface area contributed by atoms with Crippen molar-refractivity contribution in [2.24, 2.45) is 0 Å². The Morgan fingerprint density at radius 1 is 1.47 bits per heavy atom. The molecule has 0 bridgehead atoms. The fourth-order valence-corrected chi connectivity index (χ4v) is 1.78. The monoisotopic (exact) mass is 212 g/mol. The number of nitrogens with one attached hydrogen (secondary N) is 1. The average molecular weight is 212 g/mol. The minimum Gasteiger partial charge on any atom is -0.383 e. The third kappa shape index (κ3) is 5.92. The van der Waals surface area contributed by atoms with Gasteiger partial charge in [-0.05, 0) is 26.3 Å². The topological polar surface area (TPSA) is 24.5 Å². The average Bonchev–Trinajstić information content (AvgIpc) is 2.28. The quantitative estimate of drug-likeness (QED) is 0.643. The van der Waals surface area contributed by atoms with Gasteiger partial charge in [0.15, 0.2) is 0 Å². The van der Waals surface area contributed by atoms with Crippen LogP contribution in [0.5, 0.6) is 0 Å². The lowest BCUT2D eigenvalue weighted by Crippen LogP contribution is -2.36. The predicted molar refractivity (Wildman–Crippen MR) is 64.2 cm³/mol. The molecule has 0 aromatic heterocycles. The van der Waals surface area contributed by atoms with Crippen LogP contribution < -0.4 is 5.32 Å². The van der Waals surface area contributed by atoms with Gasteiger partial charge in [-0.1, -0.05) is 12.2 Å². The first-order valence-corrected chi connectivity index (χ1v) is 5.90. The van der Waals surface area contributed by atoms with Gasteiger partial charge in [0.1, 0.15) is 0 Å². The van der Waals surface area contributed by atoms with Crippen molar-refractivity contribution >= 4 is 0 Å². The lowest BCUT2D eigenvalue weighted by atomic mass is 10.0. The summed E-state index contributed by atoms with van der Waals surface area (Å²) in [4.78, 5) is 2.29. The highest BCUT2D eigenvalue weighted by atomic mass is 16.5. The second-order valence-corrected chi connectivity index (χ2v) is 4.22. The van der Waals surface area contributed by atoms with Crippen LogP contribution in [0.1, 0.15) is 19.3 Å². The van der Waals surface area contributed by atoms with Gasteiger partial charge in [-0.3, -0.25) is 0 Å². The lowest BCUT2D eigenvalue weighted by molar-refractivity contribution is 0.161. The lowest BCUT2D eigenvalue weighted by Gasteiger charge is -2.21. The first kappa shape index (κ1) is 12.7. The van der Waals surface area contributed by atoms with Crippen LogP contribution in [0.4, 0.5) is 0 Å². The summed E-state index contributed by atoms with van der Waals surface area (Å²) in [5.41, 5.74) is 0. The first-order valence-electron chi connectivity index (χ1n) is 5.90. The zero-order valence-electron chi connectivity index (χ0n) is 10.0. The van der Waals surface area contributed by atoms with Gasteiger partial charge < -0.3 is 15.0 Å². The fraction of sp³-hybridized carbons (Fsp3) is 0.833. The predicted octanol–water partition coefficient (Wildman–Crippen LogP) is 1.26. The van der Waals surface area contributed by atoms with Crippen LogP contribution in [0.2, 0.25) is 0 Å². The third-order valence-electron chi connectivity index (χ3n) is 2.83. The van der Waals surface area contributed by atoms with Crippen molar-refractivity contribution in [1.29, 1.82) is 0 Å². The van der Waals surface area contributed by atoms with Crippen LogP contribution in [-0.2, 0) is 4.74 Å². The molecule has 3 heteroatoms. The molecule has 88 valence electrons. The van der Waals surface area contributed by atoms with Crippen molar-refractivity contribution < 1.29 is 4.74 Å². The van der Waals surface area contributed by atoms with E-state index in [2.05, 4.69) is 29.4 Å². The molecule has 0 aromatic carbocycles. The maximum atomic E-state index is 5.04. The molecule has 1 N–H and O–H groups in total. The number of likely N-dealkylation sites (N-methyl/N-ethyl adjacent to an activating group) is 1. The second kappa shape index (κ2) is 7.85. The summed E-state index contributed by atoms with van der Waals surface area (Å²) in [6.45, 7) is 3.99. The highest BCUT2D eigenvalue weighted by Gasteiger charge is 2.07. The van der Waals surface area contributed by atoms with Crippen LogP contribution >= 0.6 is 0 Å². The van der Waals surface area contributed by atoms with Crippen molar-refractivity contribution in [3.63, 3.8) is 0 Å². The van der Waals surface area contributed by atoms with E-state index < -0.39 is 0 Å². The Labute approximate surface area is 93.5 Å². The maximum Gasteiger partial charge on any atom is 0.0589 e. The molecule has 1 atom stereocenters. The zero-order chi connectivity index (χ0) is 10.9. The fourth-order valence-electron chi connectivity index (χ4n) is 1.78. The summed E-state index contributed by atoms with van der Waals surface area (Å²) in [6, 6.07) is 0.606. The number of hydrogen-bond donors (Lipinski definition) is 1. The Bertz CT molecular complexity index is 182. The Morgan fingerprint density at radius 2 is 2.33 bits per heavy atom. The number of methoxy groups -OCH3 is 1. The van der Waals surface area contributed by atoms with Crippen molar-refractivity contribution in [3.05, 3.63) is 12.2 Å². The Hall–Kier alpha value is -0.380. The van der Waals surface area contributed by atoms with Crippen molar-refractivity contribution in [1.82, 2.24) is 10.2 Å². The molecule has 0 aliphatic heterocycles. The summed E-state index contributed by atoms with van der Waals surface area (Å²) in [5, 5.41) is 3.56. The smallest absolute Gasteiger partial charge is 0.0589 e. The van der Waals surface area contributed by atoms with E-state index in [9.17, 15) is 0 Å². The molecule has 1 unspecified atom stereocenters. The molecule has 15 heavy (non-hydrogen) atoms. The van der Waals surface area contributed by atoms with Crippen LogP contribution in [0.25, 0.3) is 0 Å². The van der Waals surface area contributed by atoms with E-state index in [1.807, 2.05) is 0 Å². The van der Waals surface area contributed by atoms with Crippen LogP contribution in [0, 0.1) is 0 Å². The molecule has 0 heterocycles. The van der Waals surface area contributed by atoms with Gasteiger partial charge in [-0.15, -0.1) is 0 Å². The Kier molecular flexibility index (Phi) is 6.64. The normalized spacial score (nSPS) is 21.1. The minimum absolute atomic E-state index is 0.606. The number of ether oxygens (including phenoxy) is 1. The summed E-state index contributed by atoms with van der Waals surface area (Å²) in [7, 11) is 3.89. The summed E-state index contributed by atoms with van der Waals surface area (Å²) < 4.78 is 5.04. The number of hydrogen-bond acceptors (Lipinski definition) is 3. The van der Waals surface area contributed by atoms with Crippen LogP contribution in [-0.4, -0.2) is 51.3 Å². The van der Waals surface area contributed by atoms with Gasteiger partial charge in [0.2, 0.25) is 0 Å². The highest BCUT2D eigenvalue weighted by molar-refractivity contribution is 4.97. The van der Waals surface area contributed by atoms with E-state index in [1.165, 1.54) is 19.3 Å². The second-order valence-electron chi connectivity index (χ2n) is 4.22. The zero-order valence-corrected chi connectivity index (χ0v) is 10.0. The minimum atomic E-state index is 0.606. The molecule has 0 radical (unpaired) electrons. The molecule has 0 spiro atoms. The van der Waals surface area contributed by atoms with Crippen molar-refractivity contribution in [3.8, 4) is 0 Å². The molecule has 1 aliphatic rings. The SMILES string of the molecule is COCCN(C)CCNC1C=CCCC1. The van der Waals surface area contributed by atoms with Gasteiger partial charge >= 0.3 is 0 Å². The molecule has 0 aromatic rings. The van der Waals surface area contributed by atoms with E-state index in [0.29, 0.717) is 6.04 Å². The number of nitrogens with zero attached hydrogens (tertiary/aromatic N) is 1. The highest BCUT2D eigenvalue weighted by Crippen LogP contribution is 2.09. The van der Waals surface area contributed by atoms with E-state index in [0.717, 1.165) is 26.2 Å². The van der Waals surface area contributed by atoms with Gasteiger partial charge in [0.05, 0.1) is 6.61 Å². The first-order chi connectivity index (χ1) is 7.33. The van der Waals surface area contributed by atoms with Gasteiger partial charge in [0.25, 0.3) is 0 Å². The van der Waals surface area contributed by atoms with Crippen LogP contribution in [0.15, 0.2) is 12.2 Å². The van der Waals surface area contributed by atoms with E-state index >= 15 is 0 Å². The maximum absolute atomic E-state index is 5.04.